The van der Waals surface area contributed by atoms with Gasteiger partial charge in [0.15, 0.2) is 0 Å². The fourth-order valence-electron chi connectivity index (χ4n) is 2.14. The van der Waals surface area contributed by atoms with Gasteiger partial charge < -0.3 is 5.73 Å². The highest BCUT2D eigenvalue weighted by Crippen LogP contribution is 2.34. The molecule has 2 rings (SSSR count). The molecular formula is C17H20ClNS. The summed E-state index contributed by atoms with van der Waals surface area (Å²) in [7, 11) is 0. The summed E-state index contributed by atoms with van der Waals surface area (Å²) < 4.78 is 0. The van der Waals surface area contributed by atoms with Gasteiger partial charge in [-0.05, 0) is 48.2 Å². The minimum atomic E-state index is 0.0889. The van der Waals surface area contributed by atoms with Crippen LogP contribution in [0.3, 0.4) is 0 Å². The van der Waals surface area contributed by atoms with Gasteiger partial charge >= 0.3 is 0 Å². The molecule has 1 nitrogen and oxygen atoms in total. The Labute approximate surface area is 130 Å². The van der Waals surface area contributed by atoms with Crippen molar-refractivity contribution in [1.82, 2.24) is 0 Å². The van der Waals surface area contributed by atoms with E-state index in [1.54, 1.807) is 11.8 Å². The molecule has 0 aromatic heterocycles. The highest BCUT2D eigenvalue weighted by Gasteiger charge is 2.13. The van der Waals surface area contributed by atoms with Gasteiger partial charge in [-0.2, -0.15) is 0 Å². The number of rotatable bonds is 5. The zero-order valence-corrected chi connectivity index (χ0v) is 13.4. The van der Waals surface area contributed by atoms with Gasteiger partial charge in [-0.1, -0.05) is 55.4 Å². The van der Waals surface area contributed by atoms with Crippen molar-refractivity contribution in [2.75, 3.05) is 0 Å². The second-order valence-electron chi connectivity index (χ2n) is 5.33. The molecule has 0 heterocycles. The zero-order chi connectivity index (χ0) is 14.5. The molecule has 1 atom stereocenters. The summed E-state index contributed by atoms with van der Waals surface area (Å²) in [6, 6.07) is 16.4. The summed E-state index contributed by atoms with van der Waals surface area (Å²) in [5.74, 6) is 0.596. The molecule has 0 fully saturated rings. The molecular weight excluding hydrogens is 286 g/mol. The second kappa shape index (κ2) is 7.16. The van der Waals surface area contributed by atoms with Gasteiger partial charge in [0.05, 0.1) is 0 Å². The number of halogens is 1. The monoisotopic (exact) mass is 305 g/mol. The molecule has 0 spiro atoms. The lowest BCUT2D eigenvalue weighted by Gasteiger charge is -2.18. The summed E-state index contributed by atoms with van der Waals surface area (Å²) in [4.78, 5) is 2.40. The first-order chi connectivity index (χ1) is 9.56. The highest BCUT2D eigenvalue weighted by atomic mass is 35.5. The lowest BCUT2D eigenvalue weighted by molar-refractivity contribution is 0.505. The highest BCUT2D eigenvalue weighted by molar-refractivity contribution is 7.99. The Morgan fingerprint density at radius 1 is 1.05 bits per heavy atom. The molecule has 2 aromatic rings. The van der Waals surface area contributed by atoms with E-state index in [2.05, 4.69) is 38.1 Å². The summed E-state index contributed by atoms with van der Waals surface area (Å²) in [5.41, 5.74) is 7.56. The molecule has 0 bridgehead atoms. The SMILES string of the molecule is CC(C)C[C@@H](N)c1ccccc1Sc1ccc(Cl)cc1. The van der Waals surface area contributed by atoms with Gasteiger partial charge in [-0.15, -0.1) is 0 Å². The van der Waals surface area contributed by atoms with Crippen LogP contribution in [0.15, 0.2) is 58.3 Å². The number of nitrogens with two attached hydrogens (primary N) is 1. The Bertz CT molecular complexity index is 551. The smallest absolute Gasteiger partial charge is 0.0406 e. The van der Waals surface area contributed by atoms with Crippen molar-refractivity contribution in [3.63, 3.8) is 0 Å². The Morgan fingerprint density at radius 2 is 1.70 bits per heavy atom. The van der Waals surface area contributed by atoms with E-state index >= 15 is 0 Å². The van der Waals surface area contributed by atoms with Crippen LogP contribution in [0.5, 0.6) is 0 Å². The predicted molar refractivity (Wildman–Crippen MR) is 88.4 cm³/mol. The van der Waals surface area contributed by atoms with Gasteiger partial charge in [0.25, 0.3) is 0 Å². The number of benzene rings is 2. The van der Waals surface area contributed by atoms with E-state index in [0.29, 0.717) is 5.92 Å². The van der Waals surface area contributed by atoms with Crippen LogP contribution in [0, 0.1) is 5.92 Å². The first-order valence-electron chi connectivity index (χ1n) is 6.84. The third-order valence-electron chi connectivity index (χ3n) is 3.09. The maximum atomic E-state index is 6.34. The maximum Gasteiger partial charge on any atom is 0.0406 e. The van der Waals surface area contributed by atoms with Crippen LogP contribution in [0.2, 0.25) is 5.02 Å². The van der Waals surface area contributed by atoms with Crippen LogP contribution >= 0.6 is 23.4 Å². The molecule has 20 heavy (non-hydrogen) atoms. The van der Waals surface area contributed by atoms with Crippen LogP contribution < -0.4 is 5.73 Å². The van der Waals surface area contributed by atoms with Crippen LogP contribution in [0.1, 0.15) is 31.9 Å². The third-order valence-corrected chi connectivity index (χ3v) is 4.44. The van der Waals surface area contributed by atoms with Gasteiger partial charge in [0, 0.05) is 20.9 Å². The number of hydrogen-bond acceptors (Lipinski definition) is 2. The third kappa shape index (κ3) is 4.27. The van der Waals surface area contributed by atoms with Crippen LogP contribution in [-0.4, -0.2) is 0 Å². The molecule has 2 aromatic carbocycles. The van der Waals surface area contributed by atoms with Crippen molar-refractivity contribution in [2.24, 2.45) is 11.7 Å². The minimum Gasteiger partial charge on any atom is -0.324 e. The minimum absolute atomic E-state index is 0.0889. The van der Waals surface area contributed by atoms with Crippen molar-refractivity contribution in [3.05, 3.63) is 59.1 Å². The van der Waals surface area contributed by atoms with Crippen LogP contribution in [-0.2, 0) is 0 Å². The molecule has 0 saturated heterocycles. The number of hydrogen-bond donors (Lipinski definition) is 1. The summed E-state index contributed by atoms with van der Waals surface area (Å²) in [5, 5.41) is 0.763. The average Bonchev–Trinajstić information content (AvgIpc) is 2.41. The van der Waals surface area contributed by atoms with Crippen molar-refractivity contribution >= 4 is 23.4 Å². The van der Waals surface area contributed by atoms with E-state index in [1.165, 1.54) is 15.4 Å². The Kier molecular flexibility index (Phi) is 5.53. The molecule has 0 unspecified atom stereocenters. The van der Waals surface area contributed by atoms with Gasteiger partial charge in [-0.25, -0.2) is 0 Å². The summed E-state index contributed by atoms with van der Waals surface area (Å²) in [6.45, 7) is 4.41. The summed E-state index contributed by atoms with van der Waals surface area (Å²) in [6.07, 6.45) is 0.998. The maximum absolute atomic E-state index is 6.34. The molecule has 0 radical (unpaired) electrons. The molecule has 106 valence electrons. The zero-order valence-electron chi connectivity index (χ0n) is 11.8. The second-order valence-corrected chi connectivity index (χ2v) is 6.88. The molecule has 2 N–H and O–H groups in total. The van der Waals surface area contributed by atoms with Crippen molar-refractivity contribution in [2.45, 2.75) is 36.1 Å². The lowest BCUT2D eigenvalue weighted by atomic mass is 9.98. The predicted octanol–water partition coefficient (Wildman–Crippen LogP) is 5.54. The quantitative estimate of drug-likeness (QED) is 0.785. The fraction of sp³-hybridized carbons (Fsp3) is 0.294. The Hall–Kier alpha value is -0.960. The topological polar surface area (TPSA) is 26.0 Å². The van der Waals surface area contributed by atoms with Gasteiger partial charge in [0.2, 0.25) is 0 Å². The van der Waals surface area contributed by atoms with E-state index in [-0.39, 0.29) is 6.04 Å². The van der Waals surface area contributed by atoms with Gasteiger partial charge in [-0.3, -0.25) is 0 Å². The first kappa shape index (κ1) is 15.4. The molecule has 0 aliphatic rings. The molecule has 0 saturated carbocycles. The van der Waals surface area contributed by atoms with Crippen LogP contribution in [0.25, 0.3) is 0 Å². The van der Waals surface area contributed by atoms with E-state index in [9.17, 15) is 0 Å². The summed E-state index contributed by atoms with van der Waals surface area (Å²) >= 11 is 7.66. The standard InChI is InChI=1S/C17H20ClNS/c1-12(2)11-16(19)15-5-3-4-6-17(15)20-14-9-7-13(18)8-10-14/h3-10,12,16H,11,19H2,1-2H3/t16-/m1/s1. The van der Waals surface area contributed by atoms with E-state index in [1.807, 2.05) is 24.3 Å². The fourth-order valence-corrected chi connectivity index (χ4v) is 3.28. The molecule has 3 heteroatoms. The Morgan fingerprint density at radius 3 is 2.35 bits per heavy atom. The van der Waals surface area contributed by atoms with E-state index in [0.717, 1.165) is 11.4 Å². The lowest BCUT2D eigenvalue weighted by Crippen LogP contribution is -2.13. The van der Waals surface area contributed by atoms with Gasteiger partial charge in [0.1, 0.15) is 0 Å². The first-order valence-corrected chi connectivity index (χ1v) is 8.03. The normalized spacial score (nSPS) is 12.7. The van der Waals surface area contributed by atoms with Crippen molar-refractivity contribution in [1.29, 1.82) is 0 Å². The molecule has 0 aliphatic heterocycles. The largest absolute Gasteiger partial charge is 0.324 e. The average molecular weight is 306 g/mol. The van der Waals surface area contributed by atoms with E-state index in [4.69, 9.17) is 17.3 Å². The van der Waals surface area contributed by atoms with E-state index < -0.39 is 0 Å². The molecule has 0 amide bonds. The van der Waals surface area contributed by atoms with Crippen molar-refractivity contribution < 1.29 is 0 Å². The molecule has 0 aliphatic carbocycles. The van der Waals surface area contributed by atoms with Crippen LogP contribution in [0.4, 0.5) is 0 Å². The van der Waals surface area contributed by atoms with Crippen molar-refractivity contribution in [3.8, 4) is 0 Å². The Balaban J connectivity index is 2.21.